The highest BCUT2D eigenvalue weighted by Gasteiger charge is 2.14. The number of Topliss-reactive ketones (excluding diaryl/α,β-unsaturated/α-hetero) is 1. The Balaban J connectivity index is 2.57. The molecule has 0 radical (unpaired) electrons. The molecule has 19 heavy (non-hydrogen) atoms. The summed E-state index contributed by atoms with van der Waals surface area (Å²) in [5.41, 5.74) is 0. The number of halogens is 1. The minimum atomic E-state index is -0.546. The first-order valence-corrected chi connectivity index (χ1v) is 6.50. The Morgan fingerprint density at radius 2 is 2.05 bits per heavy atom. The van der Waals surface area contributed by atoms with Crippen LogP contribution in [0.2, 0.25) is 0 Å². The van der Waals surface area contributed by atoms with E-state index in [1.165, 1.54) is 7.11 Å². The second-order valence-corrected chi connectivity index (χ2v) is 4.43. The molecule has 104 valence electrons. The van der Waals surface area contributed by atoms with Gasteiger partial charge in [0.25, 0.3) is 0 Å². The van der Waals surface area contributed by atoms with Crippen LogP contribution in [0.1, 0.15) is 13.3 Å². The number of methoxy groups -OCH3 is 1. The molecule has 6 heteroatoms. The van der Waals surface area contributed by atoms with Crippen molar-refractivity contribution < 1.29 is 23.8 Å². The van der Waals surface area contributed by atoms with E-state index in [0.717, 1.165) is 0 Å². The van der Waals surface area contributed by atoms with Gasteiger partial charge in [0.05, 0.1) is 18.2 Å². The maximum Gasteiger partial charge on any atom is 0.313 e. The molecule has 1 rings (SSSR count). The van der Waals surface area contributed by atoms with Gasteiger partial charge in [-0.25, -0.2) is 0 Å². The van der Waals surface area contributed by atoms with E-state index in [4.69, 9.17) is 9.47 Å². The molecule has 0 atom stereocenters. The smallest absolute Gasteiger partial charge is 0.313 e. The summed E-state index contributed by atoms with van der Waals surface area (Å²) in [5.74, 6) is 0.0481. The lowest BCUT2D eigenvalue weighted by atomic mass is 10.3. The van der Waals surface area contributed by atoms with Gasteiger partial charge in [-0.3, -0.25) is 9.59 Å². The predicted molar refractivity (Wildman–Crippen MR) is 72.4 cm³/mol. The fraction of sp³-hybridized carbons (Fsp3) is 0.385. The Labute approximate surface area is 120 Å². The van der Waals surface area contributed by atoms with Crippen molar-refractivity contribution in [3.63, 3.8) is 0 Å². The number of rotatable bonds is 7. The van der Waals surface area contributed by atoms with Gasteiger partial charge in [-0.2, -0.15) is 0 Å². The van der Waals surface area contributed by atoms with Crippen LogP contribution in [0.25, 0.3) is 0 Å². The normalized spacial score (nSPS) is 9.84. The van der Waals surface area contributed by atoms with Gasteiger partial charge in [0.2, 0.25) is 0 Å². The van der Waals surface area contributed by atoms with E-state index >= 15 is 0 Å². The van der Waals surface area contributed by atoms with Crippen LogP contribution in [0.15, 0.2) is 22.7 Å². The Morgan fingerprint density at radius 1 is 1.32 bits per heavy atom. The Bertz CT molecular complexity index is 458. The zero-order valence-electron chi connectivity index (χ0n) is 10.8. The van der Waals surface area contributed by atoms with Crippen molar-refractivity contribution in [3.8, 4) is 11.5 Å². The summed E-state index contributed by atoms with van der Waals surface area (Å²) in [6.45, 7) is 1.73. The minimum Gasteiger partial charge on any atom is -0.493 e. The topological polar surface area (TPSA) is 61.8 Å². The monoisotopic (exact) mass is 330 g/mol. The largest absolute Gasteiger partial charge is 0.493 e. The average Bonchev–Trinajstić information content (AvgIpc) is 2.37. The molecule has 0 aliphatic rings. The van der Waals surface area contributed by atoms with E-state index < -0.39 is 5.97 Å². The number of esters is 1. The average molecular weight is 331 g/mol. The van der Waals surface area contributed by atoms with Crippen LogP contribution in [0, 0.1) is 0 Å². The number of benzene rings is 1. The molecule has 0 aliphatic heterocycles. The first kappa shape index (κ1) is 15.5. The second kappa shape index (κ2) is 7.78. The highest BCUT2D eigenvalue weighted by molar-refractivity contribution is 9.10. The SMILES string of the molecule is CCOC(=O)CC(=O)COc1c(Br)cccc1OC. The van der Waals surface area contributed by atoms with Crippen LogP contribution >= 0.6 is 15.9 Å². The van der Waals surface area contributed by atoms with Crippen molar-refractivity contribution in [3.05, 3.63) is 22.7 Å². The highest BCUT2D eigenvalue weighted by Crippen LogP contribution is 2.34. The third-order valence-electron chi connectivity index (χ3n) is 2.18. The van der Waals surface area contributed by atoms with Gasteiger partial charge in [-0.15, -0.1) is 0 Å². The molecule has 0 aliphatic carbocycles. The van der Waals surface area contributed by atoms with E-state index in [1.807, 2.05) is 0 Å². The molecule has 0 N–H and O–H groups in total. The maximum absolute atomic E-state index is 11.5. The van der Waals surface area contributed by atoms with Crippen LogP contribution in [0.3, 0.4) is 0 Å². The van der Waals surface area contributed by atoms with Gasteiger partial charge in [0, 0.05) is 0 Å². The van der Waals surface area contributed by atoms with Crippen LogP contribution in [-0.2, 0) is 14.3 Å². The first-order valence-electron chi connectivity index (χ1n) is 5.71. The van der Waals surface area contributed by atoms with Gasteiger partial charge in [0.15, 0.2) is 17.3 Å². The van der Waals surface area contributed by atoms with Gasteiger partial charge in [-0.1, -0.05) is 6.07 Å². The molecular formula is C13H15BrO5. The number of para-hydroxylation sites is 1. The molecule has 1 aromatic rings. The molecule has 5 nitrogen and oxygen atoms in total. The number of hydrogen-bond acceptors (Lipinski definition) is 5. The summed E-state index contributed by atoms with van der Waals surface area (Å²) in [6, 6.07) is 5.28. The number of ether oxygens (including phenoxy) is 3. The van der Waals surface area contributed by atoms with E-state index in [0.29, 0.717) is 16.0 Å². The van der Waals surface area contributed by atoms with Crippen LogP contribution in [0.4, 0.5) is 0 Å². The zero-order chi connectivity index (χ0) is 14.3. The molecule has 0 aromatic heterocycles. The molecular weight excluding hydrogens is 316 g/mol. The summed E-state index contributed by atoms with van der Waals surface area (Å²) in [4.78, 5) is 22.7. The summed E-state index contributed by atoms with van der Waals surface area (Å²) in [6.07, 6.45) is -0.291. The number of carbonyl (C=O) groups is 2. The Kier molecular flexibility index (Phi) is 6.35. The molecule has 0 bridgehead atoms. The summed E-state index contributed by atoms with van der Waals surface area (Å²) in [7, 11) is 1.51. The van der Waals surface area contributed by atoms with Crippen molar-refractivity contribution in [1.82, 2.24) is 0 Å². The van der Waals surface area contributed by atoms with E-state index in [1.54, 1.807) is 25.1 Å². The lowest BCUT2D eigenvalue weighted by Crippen LogP contribution is -2.17. The third kappa shape index (κ3) is 4.90. The zero-order valence-corrected chi connectivity index (χ0v) is 12.4. The van der Waals surface area contributed by atoms with Gasteiger partial charge < -0.3 is 14.2 Å². The maximum atomic E-state index is 11.5. The van der Waals surface area contributed by atoms with Gasteiger partial charge in [0.1, 0.15) is 13.0 Å². The molecule has 0 fully saturated rings. The standard InChI is InChI=1S/C13H15BrO5/c1-3-18-12(16)7-9(15)8-19-13-10(14)5-4-6-11(13)17-2/h4-6H,3,7-8H2,1-2H3. The lowest BCUT2D eigenvalue weighted by molar-refractivity contribution is -0.145. The fourth-order valence-corrected chi connectivity index (χ4v) is 1.83. The third-order valence-corrected chi connectivity index (χ3v) is 2.80. The second-order valence-electron chi connectivity index (χ2n) is 3.58. The molecule has 1 aromatic carbocycles. The highest BCUT2D eigenvalue weighted by atomic mass is 79.9. The molecule has 0 amide bonds. The Morgan fingerprint density at radius 3 is 2.68 bits per heavy atom. The lowest BCUT2D eigenvalue weighted by Gasteiger charge is -2.11. The number of hydrogen-bond donors (Lipinski definition) is 0. The molecule has 0 spiro atoms. The molecule has 0 unspecified atom stereocenters. The summed E-state index contributed by atoms with van der Waals surface area (Å²) >= 11 is 3.31. The first-order chi connectivity index (χ1) is 9.08. The van der Waals surface area contributed by atoms with Crippen LogP contribution < -0.4 is 9.47 Å². The predicted octanol–water partition coefficient (Wildman–Crippen LogP) is 2.36. The molecule has 0 saturated carbocycles. The van der Waals surface area contributed by atoms with Gasteiger partial charge in [-0.05, 0) is 35.0 Å². The van der Waals surface area contributed by atoms with Crippen molar-refractivity contribution in [2.24, 2.45) is 0 Å². The molecule has 0 heterocycles. The number of ketones is 1. The van der Waals surface area contributed by atoms with Crippen LogP contribution in [-0.4, -0.2) is 32.1 Å². The van der Waals surface area contributed by atoms with E-state index in [2.05, 4.69) is 20.7 Å². The summed E-state index contributed by atoms with van der Waals surface area (Å²) in [5, 5.41) is 0. The quantitative estimate of drug-likeness (QED) is 0.567. The van der Waals surface area contributed by atoms with Crippen molar-refractivity contribution >= 4 is 27.7 Å². The van der Waals surface area contributed by atoms with Crippen molar-refractivity contribution in [2.45, 2.75) is 13.3 Å². The fourth-order valence-electron chi connectivity index (χ4n) is 1.37. The van der Waals surface area contributed by atoms with E-state index in [9.17, 15) is 9.59 Å². The van der Waals surface area contributed by atoms with Gasteiger partial charge >= 0.3 is 5.97 Å². The van der Waals surface area contributed by atoms with E-state index in [-0.39, 0.29) is 25.4 Å². The minimum absolute atomic E-state index is 0.211. The number of carbonyl (C=O) groups excluding carboxylic acids is 2. The van der Waals surface area contributed by atoms with Crippen molar-refractivity contribution in [2.75, 3.05) is 20.3 Å². The molecule has 0 saturated heterocycles. The van der Waals surface area contributed by atoms with Crippen molar-refractivity contribution in [1.29, 1.82) is 0 Å². The van der Waals surface area contributed by atoms with Crippen LogP contribution in [0.5, 0.6) is 11.5 Å². The Hall–Kier alpha value is -1.56. The summed E-state index contributed by atoms with van der Waals surface area (Å²) < 4.78 is 15.9.